The molecule has 1 aromatic carbocycles. The van der Waals surface area contributed by atoms with Gasteiger partial charge in [0.2, 0.25) is 0 Å². The monoisotopic (exact) mass is 330 g/mol. The van der Waals surface area contributed by atoms with Crippen LogP contribution in [0.1, 0.15) is 26.7 Å². The van der Waals surface area contributed by atoms with Crippen LogP contribution in [0.15, 0.2) is 24.3 Å². The fraction of sp³-hybridized carbons (Fsp3) is 0.462. The van der Waals surface area contributed by atoms with Crippen molar-refractivity contribution in [1.29, 1.82) is 0 Å². The zero-order valence-electron chi connectivity index (χ0n) is 9.50. The molecule has 0 spiro atoms. The summed E-state index contributed by atoms with van der Waals surface area (Å²) in [6.07, 6.45) is 1.44. The Morgan fingerprint density at radius 3 is 2.88 bits per heavy atom. The summed E-state index contributed by atoms with van der Waals surface area (Å²) in [5.41, 5.74) is -0.277. The first kappa shape index (κ1) is 11.9. The van der Waals surface area contributed by atoms with Crippen LogP contribution in [-0.2, 0) is 4.79 Å². The molecule has 86 valence electrons. The SMILES string of the molecule is CCC1(C)C(=O)CC1Oc1cccc(I)c1. The van der Waals surface area contributed by atoms with E-state index < -0.39 is 0 Å². The molecule has 16 heavy (non-hydrogen) atoms. The van der Waals surface area contributed by atoms with Gasteiger partial charge in [-0.05, 0) is 54.1 Å². The molecule has 1 aliphatic rings. The van der Waals surface area contributed by atoms with Crippen LogP contribution in [0.25, 0.3) is 0 Å². The van der Waals surface area contributed by atoms with Crippen LogP contribution in [0.2, 0.25) is 0 Å². The number of rotatable bonds is 3. The lowest BCUT2D eigenvalue weighted by Crippen LogP contribution is -2.54. The minimum atomic E-state index is -0.277. The number of carbonyl (C=O) groups is 1. The van der Waals surface area contributed by atoms with Gasteiger partial charge in [-0.1, -0.05) is 13.0 Å². The molecule has 2 atom stereocenters. The zero-order valence-corrected chi connectivity index (χ0v) is 11.7. The van der Waals surface area contributed by atoms with Crippen LogP contribution >= 0.6 is 22.6 Å². The van der Waals surface area contributed by atoms with E-state index in [9.17, 15) is 4.79 Å². The Morgan fingerprint density at radius 2 is 2.31 bits per heavy atom. The first-order chi connectivity index (χ1) is 7.56. The Labute approximate surface area is 110 Å². The Morgan fingerprint density at radius 1 is 1.56 bits per heavy atom. The highest BCUT2D eigenvalue weighted by Crippen LogP contribution is 2.42. The molecule has 0 aliphatic heterocycles. The number of halogens is 1. The van der Waals surface area contributed by atoms with Crippen LogP contribution in [0.4, 0.5) is 0 Å². The molecule has 0 N–H and O–H groups in total. The van der Waals surface area contributed by atoms with Gasteiger partial charge < -0.3 is 4.74 Å². The van der Waals surface area contributed by atoms with Crippen LogP contribution in [0.5, 0.6) is 5.75 Å². The third-order valence-corrected chi connectivity index (χ3v) is 4.20. The van der Waals surface area contributed by atoms with Gasteiger partial charge in [-0.25, -0.2) is 0 Å². The molecule has 0 bridgehead atoms. The molecule has 2 rings (SSSR count). The largest absolute Gasteiger partial charge is 0.489 e. The third kappa shape index (κ3) is 1.97. The van der Waals surface area contributed by atoms with E-state index in [2.05, 4.69) is 22.6 Å². The summed E-state index contributed by atoms with van der Waals surface area (Å²) in [6.45, 7) is 4.04. The van der Waals surface area contributed by atoms with Crippen molar-refractivity contribution >= 4 is 28.4 Å². The quantitative estimate of drug-likeness (QED) is 0.794. The maximum Gasteiger partial charge on any atom is 0.146 e. The van der Waals surface area contributed by atoms with Crippen molar-refractivity contribution in [2.24, 2.45) is 5.41 Å². The van der Waals surface area contributed by atoms with E-state index >= 15 is 0 Å². The summed E-state index contributed by atoms with van der Waals surface area (Å²) >= 11 is 2.26. The summed E-state index contributed by atoms with van der Waals surface area (Å²) < 4.78 is 7.03. The summed E-state index contributed by atoms with van der Waals surface area (Å²) in [7, 11) is 0. The van der Waals surface area contributed by atoms with Gasteiger partial charge in [0.25, 0.3) is 0 Å². The smallest absolute Gasteiger partial charge is 0.146 e. The summed E-state index contributed by atoms with van der Waals surface area (Å²) in [5, 5.41) is 0. The van der Waals surface area contributed by atoms with E-state index in [4.69, 9.17) is 4.74 Å². The Balaban J connectivity index is 2.09. The predicted octanol–water partition coefficient (Wildman–Crippen LogP) is 3.43. The molecule has 3 heteroatoms. The van der Waals surface area contributed by atoms with Crippen molar-refractivity contribution < 1.29 is 9.53 Å². The third-order valence-electron chi connectivity index (χ3n) is 3.53. The molecule has 2 nitrogen and oxygen atoms in total. The summed E-state index contributed by atoms with van der Waals surface area (Å²) in [5.74, 6) is 1.19. The molecule has 0 aromatic heterocycles. The van der Waals surface area contributed by atoms with Gasteiger partial charge >= 0.3 is 0 Å². The second-order valence-electron chi connectivity index (χ2n) is 4.46. The molecule has 2 unspecified atom stereocenters. The van der Waals surface area contributed by atoms with E-state index in [0.29, 0.717) is 12.2 Å². The maximum atomic E-state index is 11.6. The second kappa shape index (κ2) is 4.35. The Kier molecular flexibility index (Phi) is 3.24. The highest BCUT2D eigenvalue weighted by Gasteiger charge is 2.51. The molecule has 1 aromatic rings. The van der Waals surface area contributed by atoms with Crippen molar-refractivity contribution in [3.05, 3.63) is 27.8 Å². The van der Waals surface area contributed by atoms with Gasteiger partial charge in [0.1, 0.15) is 17.6 Å². The Hall–Kier alpha value is -0.580. The molecule has 0 radical (unpaired) electrons. The van der Waals surface area contributed by atoms with E-state index in [1.807, 2.05) is 38.1 Å². The first-order valence-electron chi connectivity index (χ1n) is 5.52. The van der Waals surface area contributed by atoms with Crippen LogP contribution < -0.4 is 4.74 Å². The van der Waals surface area contributed by atoms with Gasteiger partial charge in [-0.3, -0.25) is 4.79 Å². The van der Waals surface area contributed by atoms with Gasteiger partial charge in [0, 0.05) is 9.99 Å². The topological polar surface area (TPSA) is 26.3 Å². The second-order valence-corrected chi connectivity index (χ2v) is 5.71. The number of benzene rings is 1. The lowest BCUT2D eigenvalue weighted by Gasteiger charge is -2.44. The fourth-order valence-corrected chi connectivity index (χ4v) is 2.49. The average Bonchev–Trinajstić information content (AvgIpc) is 2.27. The number of hydrogen-bond acceptors (Lipinski definition) is 2. The lowest BCUT2D eigenvalue weighted by atomic mass is 9.64. The molecule has 0 saturated heterocycles. The van der Waals surface area contributed by atoms with E-state index in [1.54, 1.807) is 0 Å². The van der Waals surface area contributed by atoms with Crippen molar-refractivity contribution in [2.45, 2.75) is 32.8 Å². The summed E-state index contributed by atoms with van der Waals surface area (Å²) in [4.78, 5) is 11.6. The van der Waals surface area contributed by atoms with E-state index in [1.165, 1.54) is 0 Å². The van der Waals surface area contributed by atoms with Crippen molar-refractivity contribution in [1.82, 2.24) is 0 Å². The van der Waals surface area contributed by atoms with E-state index in [-0.39, 0.29) is 11.5 Å². The average molecular weight is 330 g/mol. The van der Waals surface area contributed by atoms with Crippen molar-refractivity contribution in [2.75, 3.05) is 0 Å². The molecule has 1 saturated carbocycles. The first-order valence-corrected chi connectivity index (χ1v) is 6.59. The van der Waals surface area contributed by atoms with Gasteiger partial charge in [-0.15, -0.1) is 0 Å². The number of carbonyl (C=O) groups excluding carboxylic acids is 1. The van der Waals surface area contributed by atoms with E-state index in [0.717, 1.165) is 15.7 Å². The number of Topliss-reactive ketones (excluding diaryl/α,β-unsaturated/α-hetero) is 1. The van der Waals surface area contributed by atoms with Gasteiger partial charge in [0.15, 0.2) is 0 Å². The minimum absolute atomic E-state index is 0.0446. The molecular formula is C13H15IO2. The highest BCUT2D eigenvalue weighted by atomic mass is 127. The molecule has 0 heterocycles. The van der Waals surface area contributed by atoms with Gasteiger partial charge in [0.05, 0.1) is 5.41 Å². The van der Waals surface area contributed by atoms with Crippen molar-refractivity contribution in [3.63, 3.8) is 0 Å². The number of hydrogen-bond donors (Lipinski definition) is 0. The molecule has 1 aliphatic carbocycles. The maximum absolute atomic E-state index is 11.6. The zero-order chi connectivity index (χ0) is 11.8. The molecule has 1 fully saturated rings. The Bertz CT molecular complexity index is 416. The lowest BCUT2D eigenvalue weighted by molar-refractivity contribution is -0.150. The van der Waals surface area contributed by atoms with Crippen LogP contribution in [0, 0.1) is 8.99 Å². The fourth-order valence-electron chi connectivity index (χ4n) is 1.98. The number of ketones is 1. The summed E-state index contributed by atoms with van der Waals surface area (Å²) in [6, 6.07) is 7.94. The number of ether oxygens (including phenoxy) is 1. The molecular weight excluding hydrogens is 315 g/mol. The van der Waals surface area contributed by atoms with Gasteiger partial charge in [-0.2, -0.15) is 0 Å². The standard InChI is InChI=1S/C13H15IO2/c1-3-13(2)11(15)8-12(13)16-10-6-4-5-9(14)7-10/h4-7,12H,3,8H2,1-2H3. The van der Waals surface area contributed by atoms with Crippen molar-refractivity contribution in [3.8, 4) is 5.75 Å². The van der Waals surface area contributed by atoms with Crippen LogP contribution in [-0.4, -0.2) is 11.9 Å². The van der Waals surface area contributed by atoms with Crippen LogP contribution in [0.3, 0.4) is 0 Å². The minimum Gasteiger partial charge on any atom is -0.489 e. The normalized spacial score (nSPS) is 28.7. The predicted molar refractivity (Wildman–Crippen MR) is 71.6 cm³/mol. The highest BCUT2D eigenvalue weighted by molar-refractivity contribution is 14.1. The molecule has 0 amide bonds.